The number of ether oxygens (including phenoxy) is 3. The average Bonchev–Trinajstić information content (AvgIpc) is 3.20. The Morgan fingerprint density at radius 3 is 2.27 bits per heavy atom. The lowest BCUT2D eigenvalue weighted by Crippen LogP contribution is -2.30. The molecule has 2 rings (SSSR count). The molecule has 0 unspecified atom stereocenters. The van der Waals surface area contributed by atoms with Crippen LogP contribution in [0.5, 0.6) is 17.2 Å². The van der Waals surface area contributed by atoms with Gasteiger partial charge in [0.05, 0.1) is 21.3 Å². The highest BCUT2D eigenvalue weighted by atomic mass is 32.1. The molecule has 0 fully saturated rings. The molecule has 0 bridgehead atoms. The molecule has 0 atom stereocenters. The summed E-state index contributed by atoms with van der Waals surface area (Å²) < 4.78 is 15.8. The first-order valence-corrected chi connectivity index (χ1v) is 8.89. The number of amides is 2. The van der Waals surface area contributed by atoms with Crippen LogP contribution in [-0.2, 0) is 11.3 Å². The predicted octanol–water partition coefficient (Wildman–Crippen LogP) is 2.21. The fourth-order valence-corrected chi connectivity index (χ4v) is 2.95. The third kappa shape index (κ3) is 5.13. The summed E-state index contributed by atoms with van der Waals surface area (Å²) in [6.07, 6.45) is 0.195. The summed E-state index contributed by atoms with van der Waals surface area (Å²) in [4.78, 5) is 23.8. The van der Waals surface area contributed by atoms with E-state index in [4.69, 9.17) is 14.2 Å². The van der Waals surface area contributed by atoms with Crippen molar-refractivity contribution in [2.75, 3.05) is 27.9 Å². The topological polar surface area (TPSA) is 85.9 Å². The van der Waals surface area contributed by atoms with Crippen LogP contribution in [-0.4, -0.2) is 39.7 Å². The SMILES string of the molecule is COc1cc(CNC(=O)CCNC(=O)c2ccsc2)cc(OC)c1OC. The monoisotopic (exact) mass is 378 g/mol. The Morgan fingerprint density at radius 1 is 1.04 bits per heavy atom. The van der Waals surface area contributed by atoms with Crippen molar-refractivity contribution >= 4 is 23.2 Å². The van der Waals surface area contributed by atoms with Gasteiger partial charge in [-0.15, -0.1) is 0 Å². The Bertz CT molecular complexity index is 721. The zero-order valence-electron chi connectivity index (χ0n) is 15.0. The van der Waals surface area contributed by atoms with Crippen molar-refractivity contribution in [3.63, 3.8) is 0 Å². The van der Waals surface area contributed by atoms with Crippen LogP contribution in [0.4, 0.5) is 0 Å². The van der Waals surface area contributed by atoms with Gasteiger partial charge in [-0.25, -0.2) is 0 Å². The molecule has 26 heavy (non-hydrogen) atoms. The molecule has 2 amide bonds. The zero-order valence-corrected chi connectivity index (χ0v) is 15.8. The molecule has 2 N–H and O–H groups in total. The van der Waals surface area contributed by atoms with Gasteiger partial charge in [-0.3, -0.25) is 9.59 Å². The van der Waals surface area contributed by atoms with Gasteiger partial charge >= 0.3 is 0 Å². The van der Waals surface area contributed by atoms with E-state index in [0.717, 1.165) is 5.56 Å². The number of nitrogens with one attached hydrogen (secondary N) is 2. The summed E-state index contributed by atoms with van der Waals surface area (Å²) in [7, 11) is 4.61. The van der Waals surface area contributed by atoms with E-state index in [9.17, 15) is 9.59 Å². The zero-order chi connectivity index (χ0) is 18.9. The molecule has 140 valence electrons. The van der Waals surface area contributed by atoms with Crippen molar-refractivity contribution < 1.29 is 23.8 Å². The molecular weight excluding hydrogens is 356 g/mol. The maximum Gasteiger partial charge on any atom is 0.252 e. The lowest BCUT2D eigenvalue weighted by Gasteiger charge is -2.14. The number of hydrogen-bond acceptors (Lipinski definition) is 6. The molecular formula is C18H22N2O5S. The standard InChI is InChI=1S/C18H22N2O5S/c1-23-14-8-12(9-15(24-2)17(14)25-3)10-20-16(21)4-6-19-18(22)13-5-7-26-11-13/h5,7-9,11H,4,6,10H2,1-3H3,(H,19,22)(H,20,21). The molecule has 1 aromatic heterocycles. The van der Waals surface area contributed by atoms with Crippen LogP contribution in [0.3, 0.4) is 0 Å². The molecule has 1 aromatic carbocycles. The second-order valence-electron chi connectivity index (χ2n) is 5.33. The van der Waals surface area contributed by atoms with Gasteiger partial charge in [0.15, 0.2) is 11.5 Å². The number of carbonyl (C=O) groups is 2. The van der Waals surface area contributed by atoms with E-state index in [1.807, 2.05) is 5.38 Å². The first-order valence-electron chi connectivity index (χ1n) is 7.95. The summed E-state index contributed by atoms with van der Waals surface area (Å²) >= 11 is 1.45. The van der Waals surface area contributed by atoms with Crippen molar-refractivity contribution in [1.82, 2.24) is 10.6 Å². The lowest BCUT2D eigenvalue weighted by molar-refractivity contribution is -0.121. The molecule has 1 heterocycles. The Balaban J connectivity index is 1.84. The number of rotatable bonds is 9. The summed E-state index contributed by atoms with van der Waals surface area (Å²) in [6.45, 7) is 0.587. The minimum absolute atomic E-state index is 0.163. The largest absolute Gasteiger partial charge is 0.493 e. The summed E-state index contributed by atoms with van der Waals surface area (Å²) in [6, 6.07) is 5.30. The normalized spacial score (nSPS) is 10.1. The van der Waals surface area contributed by atoms with Crippen LogP contribution < -0.4 is 24.8 Å². The average molecular weight is 378 g/mol. The minimum Gasteiger partial charge on any atom is -0.493 e. The van der Waals surface area contributed by atoms with E-state index in [2.05, 4.69) is 10.6 Å². The Morgan fingerprint density at radius 2 is 1.73 bits per heavy atom. The van der Waals surface area contributed by atoms with Gasteiger partial charge < -0.3 is 24.8 Å². The lowest BCUT2D eigenvalue weighted by atomic mass is 10.1. The van der Waals surface area contributed by atoms with Crippen molar-refractivity contribution in [2.45, 2.75) is 13.0 Å². The number of methoxy groups -OCH3 is 3. The molecule has 0 radical (unpaired) electrons. The number of thiophene rings is 1. The third-order valence-corrected chi connectivity index (χ3v) is 4.32. The van der Waals surface area contributed by atoms with Crippen LogP contribution in [0.2, 0.25) is 0 Å². The highest BCUT2D eigenvalue weighted by molar-refractivity contribution is 7.08. The number of carbonyl (C=O) groups excluding carboxylic acids is 2. The Labute approximate surface area is 156 Å². The Kier molecular flexibility index (Phi) is 7.28. The summed E-state index contributed by atoms with van der Waals surface area (Å²) in [5, 5.41) is 9.12. The minimum atomic E-state index is -0.177. The smallest absolute Gasteiger partial charge is 0.252 e. The van der Waals surface area contributed by atoms with Crippen molar-refractivity contribution in [1.29, 1.82) is 0 Å². The van der Waals surface area contributed by atoms with Crippen molar-refractivity contribution in [3.8, 4) is 17.2 Å². The second kappa shape index (κ2) is 9.67. The maximum absolute atomic E-state index is 12.0. The van der Waals surface area contributed by atoms with Crippen LogP contribution >= 0.6 is 11.3 Å². The van der Waals surface area contributed by atoms with E-state index >= 15 is 0 Å². The molecule has 0 aliphatic rings. The van der Waals surface area contributed by atoms with Gasteiger partial charge in [0.2, 0.25) is 11.7 Å². The fourth-order valence-electron chi connectivity index (χ4n) is 2.31. The summed E-state index contributed by atoms with van der Waals surface area (Å²) in [5.74, 6) is 1.22. The van der Waals surface area contributed by atoms with Crippen molar-refractivity contribution in [2.24, 2.45) is 0 Å². The van der Waals surface area contributed by atoms with E-state index in [1.54, 1.807) is 23.6 Å². The molecule has 0 aliphatic carbocycles. The molecule has 2 aromatic rings. The van der Waals surface area contributed by atoms with E-state index in [0.29, 0.717) is 29.4 Å². The van der Waals surface area contributed by atoms with E-state index < -0.39 is 0 Å². The highest BCUT2D eigenvalue weighted by Crippen LogP contribution is 2.38. The van der Waals surface area contributed by atoms with Gasteiger partial charge in [0, 0.05) is 30.5 Å². The van der Waals surface area contributed by atoms with Gasteiger partial charge in [0.1, 0.15) is 0 Å². The molecule has 7 nitrogen and oxygen atoms in total. The Hall–Kier alpha value is -2.74. The van der Waals surface area contributed by atoms with Gasteiger partial charge in [0.25, 0.3) is 5.91 Å². The molecule has 0 aliphatic heterocycles. The fraction of sp³-hybridized carbons (Fsp3) is 0.333. The van der Waals surface area contributed by atoms with Crippen LogP contribution in [0.25, 0.3) is 0 Å². The number of benzene rings is 1. The van der Waals surface area contributed by atoms with Gasteiger partial charge in [-0.05, 0) is 29.1 Å². The maximum atomic E-state index is 12.0. The second-order valence-corrected chi connectivity index (χ2v) is 6.11. The summed E-state index contributed by atoms with van der Waals surface area (Å²) in [5.41, 5.74) is 1.42. The van der Waals surface area contributed by atoms with Crippen LogP contribution in [0.1, 0.15) is 22.3 Å². The number of hydrogen-bond donors (Lipinski definition) is 2. The molecule has 0 saturated heterocycles. The quantitative estimate of drug-likeness (QED) is 0.699. The molecule has 0 saturated carbocycles. The van der Waals surface area contributed by atoms with Crippen molar-refractivity contribution in [3.05, 3.63) is 40.1 Å². The highest BCUT2D eigenvalue weighted by Gasteiger charge is 2.13. The van der Waals surface area contributed by atoms with Gasteiger partial charge in [-0.2, -0.15) is 11.3 Å². The van der Waals surface area contributed by atoms with Crippen LogP contribution in [0.15, 0.2) is 29.0 Å². The predicted molar refractivity (Wildman–Crippen MR) is 99.2 cm³/mol. The third-order valence-electron chi connectivity index (χ3n) is 3.64. The first kappa shape index (κ1) is 19.6. The first-order chi connectivity index (χ1) is 12.6. The van der Waals surface area contributed by atoms with Gasteiger partial charge in [-0.1, -0.05) is 0 Å². The van der Waals surface area contributed by atoms with E-state index in [1.165, 1.54) is 32.7 Å². The van der Waals surface area contributed by atoms with Crippen LogP contribution in [0, 0.1) is 0 Å². The molecule has 0 spiro atoms. The molecule has 8 heteroatoms. The van der Waals surface area contributed by atoms with E-state index in [-0.39, 0.29) is 24.8 Å².